The van der Waals surface area contributed by atoms with Gasteiger partial charge in [0, 0.05) is 18.8 Å². The topological polar surface area (TPSA) is 81.4 Å². The first-order valence-corrected chi connectivity index (χ1v) is 7.47. The molecule has 0 aliphatic carbocycles. The van der Waals surface area contributed by atoms with Gasteiger partial charge in [0.2, 0.25) is 10.0 Å². The summed E-state index contributed by atoms with van der Waals surface area (Å²) in [5.41, 5.74) is 5.98. The van der Waals surface area contributed by atoms with Crippen molar-refractivity contribution in [3.05, 3.63) is 24.3 Å². The van der Waals surface area contributed by atoms with E-state index in [1.165, 1.54) is 12.1 Å². The molecule has 0 saturated carbocycles. The second-order valence-corrected chi connectivity index (χ2v) is 5.70. The molecule has 1 aromatic rings. The molecule has 0 amide bonds. The van der Waals surface area contributed by atoms with E-state index in [2.05, 4.69) is 11.6 Å². The second kappa shape index (κ2) is 7.35. The van der Waals surface area contributed by atoms with Crippen molar-refractivity contribution in [2.24, 2.45) is 0 Å². The molecule has 5 nitrogen and oxygen atoms in total. The minimum absolute atomic E-state index is 0.177. The highest BCUT2D eigenvalue weighted by molar-refractivity contribution is 7.89. The number of nitrogens with one attached hydrogen (secondary N) is 1. The molecule has 3 N–H and O–H groups in total. The van der Waals surface area contributed by atoms with Crippen molar-refractivity contribution in [1.82, 2.24) is 4.72 Å². The normalized spacial score (nSPS) is 11.6. The van der Waals surface area contributed by atoms with E-state index in [0.717, 1.165) is 12.8 Å². The average molecular weight is 272 g/mol. The zero-order valence-electron chi connectivity index (χ0n) is 10.6. The standard InChI is InChI=1S/C12H20N2O3S/c1-2-3-8-17-9-7-14-18(15,16)12-6-4-5-11(13)10-12/h4-6,10,14H,2-3,7-9,13H2,1H3. The summed E-state index contributed by atoms with van der Waals surface area (Å²) in [6.45, 7) is 3.38. The van der Waals surface area contributed by atoms with Crippen LogP contribution in [0.15, 0.2) is 29.2 Å². The highest BCUT2D eigenvalue weighted by Crippen LogP contribution is 2.12. The van der Waals surface area contributed by atoms with Crippen LogP contribution in [0.5, 0.6) is 0 Å². The molecule has 0 atom stereocenters. The number of nitrogen functional groups attached to an aromatic ring is 1. The fourth-order valence-electron chi connectivity index (χ4n) is 1.36. The van der Waals surface area contributed by atoms with E-state index >= 15 is 0 Å². The summed E-state index contributed by atoms with van der Waals surface area (Å²) in [6, 6.07) is 6.20. The summed E-state index contributed by atoms with van der Waals surface area (Å²) in [5.74, 6) is 0. The molecular formula is C12H20N2O3S. The number of benzene rings is 1. The van der Waals surface area contributed by atoms with E-state index in [-0.39, 0.29) is 11.4 Å². The van der Waals surface area contributed by atoms with Crippen molar-refractivity contribution in [3.8, 4) is 0 Å². The monoisotopic (exact) mass is 272 g/mol. The lowest BCUT2D eigenvalue weighted by atomic mass is 10.3. The molecule has 0 aliphatic heterocycles. The molecule has 0 heterocycles. The van der Waals surface area contributed by atoms with Gasteiger partial charge in [0.25, 0.3) is 0 Å². The van der Waals surface area contributed by atoms with Gasteiger partial charge in [0.15, 0.2) is 0 Å². The van der Waals surface area contributed by atoms with Crippen LogP contribution >= 0.6 is 0 Å². The predicted molar refractivity (Wildman–Crippen MR) is 71.8 cm³/mol. The lowest BCUT2D eigenvalue weighted by Crippen LogP contribution is -2.27. The van der Waals surface area contributed by atoms with Crippen molar-refractivity contribution in [1.29, 1.82) is 0 Å². The Kier molecular flexibility index (Phi) is 6.11. The summed E-state index contributed by atoms with van der Waals surface area (Å²) < 4.78 is 31.5. The molecule has 0 aliphatic rings. The number of anilines is 1. The zero-order chi connectivity index (χ0) is 13.4. The number of nitrogens with two attached hydrogens (primary N) is 1. The first-order valence-electron chi connectivity index (χ1n) is 5.99. The van der Waals surface area contributed by atoms with Gasteiger partial charge >= 0.3 is 0 Å². The molecule has 0 spiro atoms. The Morgan fingerprint density at radius 1 is 1.33 bits per heavy atom. The van der Waals surface area contributed by atoms with E-state index in [9.17, 15) is 8.42 Å². The average Bonchev–Trinajstić information content (AvgIpc) is 2.33. The number of rotatable bonds is 8. The highest BCUT2D eigenvalue weighted by Gasteiger charge is 2.12. The summed E-state index contributed by atoms with van der Waals surface area (Å²) >= 11 is 0. The quantitative estimate of drug-likeness (QED) is 0.553. The van der Waals surface area contributed by atoms with E-state index < -0.39 is 10.0 Å². The molecule has 0 bridgehead atoms. The largest absolute Gasteiger partial charge is 0.399 e. The van der Waals surface area contributed by atoms with E-state index in [1.54, 1.807) is 12.1 Å². The molecule has 0 fully saturated rings. The number of unbranched alkanes of at least 4 members (excludes halogenated alkanes) is 1. The van der Waals surface area contributed by atoms with Crippen molar-refractivity contribution in [2.75, 3.05) is 25.5 Å². The first-order chi connectivity index (χ1) is 8.56. The predicted octanol–water partition coefficient (Wildman–Crippen LogP) is 1.36. The fourth-order valence-corrected chi connectivity index (χ4v) is 2.43. The Balaban J connectivity index is 2.41. The summed E-state index contributed by atoms with van der Waals surface area (Å²) in [4.78, 5) is 0.177. The van der Waals surface area contributed by atoms with Crippen LogP contribution in [0.4, 0.5) is 5.69 Å². The van der Waals surface area contributed by atoms with E-state index in [0.29, 0.717) is 18.9 Å². The van der Waals surface area contributed by atoms with Gasteiger partial charge in [-0.25, -0.2) is 13.1 Å². The number of hydrogen-bond donors (Lipinski definition) is 2. The smallest absolute Gasteiger partial charge is 0.240 e. The van der Waals surface area contributed by atoms with Crippen LogP contribution in [0.25, 0.3) is 0 Å². The third-order valence-electron chi connectivity index (χ3n) is 2.35. The molecule has 0 radical (unpaired) electrons. The Labute approximate surface area is 108 Å². The van der Waals surface area contributed by atoms with Crippen molar-refractivity contribution in [3.63, 3.8) is 0 Å². The molecule has 6 heteroatoms. The molecule has 0 unspecified atom stereocenters. The van der Waals surface area contributed by atoms with Crippen LogP contribution in [-0.2, 0) is 14.8 Å². The fraction of sp³-hybridized carbons (Fsp3) is 0.500. The lowest BCUT2D eigenvalue weighted by Gasteiger charge is -2.07. The van der Waals surface area contributed by atoms with Crippen molar-refractivity contribution in [2.45, 2.75) is 24.7 Å². The van der Waals surface area contributed by atoms with Crippen LogP contribution in [-0.4, -0.2) is 28.2 Å². The van der Waals surface area contributed by atoms with E-state index in [4.69, 9.17) is 10.5 Å². The van der Waals surface area contributed by atoms with Gasteiger partial charge in [-0.2, -0.15) is 0 Å². The van der Waals surface area contributed by atoms with Gasteiger partial charge in [-0.15, -0.1) is 0 Å². The van der Waals surface area contributed by atoms with Crippen LogP contribution in [0, 0.1) is 0 Å². The summed E-state index contributed by atoms with van der Waals surface area (Å²) in [5, 5.41) is 0. The number of sulfonamides is 1. The Morgan fingerprint density at radius 2 is 2.11 bits per heavy atom. The van der Waals surface area contributed by atoms with Gasteiger partial charge in [-0.05, 0) is 24.6 Å². The van der Waals surface area contributed by atoms with Gasteiger partial charge in [-0.1, -0.05) is 19.4 Å². The van der Waals surface area contributed by atoms with Crippen LogP contribution < -0.4 is 10.5 Å². The maximum atomic E-state index is 11.9. The SMILES string of the molecule is CCCCOCCNS(=O)(=O)c1cccc(N)c1. The van der Waals surface area contributed by atoms with Gasteiger partial charge < -0.3 is 10.5 Å². The van der Waals surface area contributed by atoms with Crippen LogP contribution in [0.1, 0.15) is 19.8 Å². The molecule has 0 aromatic heterocycles. The van der Waals surface area contributed by atoms with E-state index in [1.807, 2.05) is 0 Å². The highest BCUT2D eigenvalue weighted by atomic mass is 32.2. The number of hydrogen-bond acceptors (Lipinski definition) is 4. The summed E-state index contributed by atoms with van der Waals surface area (Å²) in [6.07, 6.45) is 2.05. The Morgan fingerprint density at radius 3 is 2.78 bits per heavy atom. The van der Waals surface area contributed by atoms with Gasteiger partial charge in [0.05, 0.1) is 11.5 Å². The Bertz CT molecular complexity index is 460. The maximum Gasteiger partial charge on any atom is 0.240 e. The Hall–Kier alpha value is -1.11. The van der Waals surface area contributed by atoms with Gasteiger partial charge in [-0.3, -0.25) is 0 Å². The molecule has 18 heavy (non-hydrogen) atoms. The first kappa shape index (κ1) is 14.9. The van der Waals surface area contributed by atoms with Crippen LogP contribution in [0.3, 0.4) is 0 Å². The third kappa shape index (κ3) is 5.03. The molecular weight excluding hydrogens is 252 g/mol. The molecule has 102 valence electrons. The second-order valence-electron chi connectivity index (χ2n) is 3.94. The van der Waals surface area contributed by atoms with Crippen molar-refractivity contribution >= 4 is 15.7 Å². The third-order valence-corrected chi connectivity index (χ3v) is 3.81. The van der Waals surface area contributed by atoms with Gasteiger partial charge in [0.1, 0.15) is 0 Å². The molecule has 0 saturated heterocycles. The summed E-state index contributed by atoms with van der Waals surface area (Å²) in [7, 11) is -3.49. The van der Waals surface area contributed by atoms with Crippen LogP contribution in [0.2, 0.25) is 0 Å². The number of ether oxygens (including phenoxy) is 1. The lowest BCUT2D eigenvalue weighted by molar-refractivity contribution is 0.136. The maximum absolute atomic E-state index is 11.9. The van der Waals surface area contributed by atoms with Crippen molar-refractivity contribution < 1.29 is 13.2 Å². The zero-order valence-corrected chi connectivity index (χ0v) is 11.4. The molecule has 1 rings (SSSR count). The minimum Gasteiger partial charge on any atom is -0.399 e. The molecule has 1 aromatic carbocycles. The minimum atomic E-state index is -3.49.